The van der Waals surface area contributed by atoms with E-state index in [-0.39, 0.29) is 35.9 Å². The maximum atomic E-state index is 14.1. The lowest BCUT2D eigenvalue weighted by molar-refractivity contribution is -0.137. The number of nitrogens with two attached hydrogens (primary N) is 1. The van der Waals surface area contributed by atoms with E-state index in [0.29, 0.717) is 41.2 Å². The van der Waals surface area contributed by atoms with E-state index in [9.17, 15) is 23.2 Å². The fourth-order valence-corrected chi connectivity index (χ4v) is 5.80. The molecule has 2 aliphatic rings. The Balaban J connectivity index is 1.63. The summed E-state index contributed by atoms with van der Waals surface area (Å²) in [5.74, 6) is 0.223. The van der Waals surface area contributed by atoms with Gasteiger partial charge >= 0.3 is 6.18 Å². The lowest BCUT2D eigenvalue weighted by Crippen LogP contribution is -2.39. The van der Waals surface area contributed by atoms with Gasteiger partial charge in [0.05, 0.1) is 35.9 Å². The molecular formula is C33H30F3N3O3. The van der Waals surface area contributed by atoms with Crippen LogP contribution in [0.4, 0.5) is 18.9 Å². The molecule has 0 saturated carbocycles. The van der Waals surface area contributed by atoms with E-state index in [1.165, 1.54) is 23.1 Å². The summed E-state index contributed by atoms with van der Waals surface area (Å²) in [5.41, 5.74) is 9.57. The van der Waals surface area contributed by atoms with Crippen molar-refractivity contribution >= 4 is 11.5 Å². The molecule has 42 heavy (non-hydrogen) atoms. The number of aryl methyl sites for hydroxylation is 2. The molecule has 0 fully saturated rings. The van der Waals surface area contributed by atoms with E-state index < -0.39 is 17.7 Å². The number of ketones is 1. The number of Topliss-reactive ketones (excluding diaryl/α,β-unsaturated/α-hetero) is 1. The molecule has 0 amide bonds. The van der Waals surface area contributed by atoms with Crippen LogP contribution in [0.5, 0.6) is 11.5 Å². The number of para-hydroxylation sites is 1. The number of rotatable bonds is 6. The molecule has 9 heteroatoms. The maximum Gasteiger partial charge on any atom is 0.418 e. The van der Waals surface area contributed by atoms with Gasteiger partial charge < -0.3 is 15.2 Å². The SMILES string of the molecule is COc1ccc(OCc2cc(C3C(C#N)=C(N)N(c4ccccc4C(F)(F)F)C4=C3C(=O)CCC4)c(C)cc2C)cc1. The van der Waals surface area contributed by atoms with Gasteiger partial charge in [0.25, 0.3) is 0 Å². The molecule has 1 aliphatic heterocycles. The first-order valence-corrected chi connectivity index (χ1v) is 13.5. The van der Waals surface area contributed by atoms with Crippen LogP contribution in [0.15, 0.2) is 83.3 Å². The molecule has 1 aliphatic carbocycles. The Morgan fingerprint density at radius 3 is 2.38 bits per heavy atom. The number of anilines is 1. The zero-order chi connectivity index (χ0) is 30.2. The average molecular weight is 574 g/mol. The van der Waals surface area contributed by atoms with Crippen LogP contribution in [0, 0.1) is 25.2 Å². The fourth-order valence-electron chi connectivity index (χ4n) is 5.80. The number of allylic oxidation sites excluding steroid dienone is 3. The summed E-state index contributed by atoms with van der Waals surface area (Å²) in [5, 5.41) is 10.4. The molecular weight excluding hydrogens is 543 g/mol. The van der Waals surface area contributed by atoms with Gasteiger partial charge in [0, 0.05) is 17.7 Å². The van der Waals surface area contributed by atoms with Gasteiger partial charge in [-0.15, -0.1) is 0 Å². The second-order valence-electron chi connectivity index (χ2n) is 10.4. The van der Waals surface area contributed by atoms with Crippen LogP contribution < -0.4 is 20.1 Å². The minimum atomic E-state index is -4.66. The van der Waals surface area contributed by atoms with Crippen molar-refractivity contribution in [2.24, 2.45) is 5.73 Å². The predicted molar refractivity (Wildman–Crippen MR) is 153 cm³/mol. The summed E-state index contributed by atoms with van der Waals surface area (Å²) in [4.78, 5) is 14.8. The quantitative estimate of drug-likeness (QED) is 0.335. The number of hydrogen-bond donors (Lipinski definition) is 1. The van der Waals surface area contributed by atoms with Crippen LogP contribution in [-0.2, 0) is 17.6 Å². The van der Waals surface area contributed by atoms with Gasteiger partial charge in [-0.05, 0) is 85.3 Å². The number of carbonyl (C=O) groups is 1. The molecule has 0 radical (unpaired) electrons. The van der Waals surface area contributed by atoms with E-state index >= 15 is 0 Å². The minimum absolute atomic E-state index is 0.0370. The van der Waals surface area contributed by atoms with Crippen LogP contribution in [-0.4, -0.2) is 12.9 Å². The summed E-state index contributed by atoms with van der Waals surface area (Å²) in [6, 6.07) is 18.3. The molecule has 3 aromatic rings. The number of alkyl halides is 3. The Morgan fingerprint density at radius 1 is 1.02 bits per heavy atom. The van der Waals surface area contributed by atoms with Crippen LogP contribution >= 0.6 is 0 Å². The highest BCUT2D eigenvalue weighted by molar-refractivity contribution is 6.01. The van der Waals surface area contributed by atoms with Gasteiger partial charge in [-0.1, -0.05) is 24.3 Å². The van der Waals surface area contributed by atoms with Crippen molar-refractivity contribution in [2.75, 3.05) is 12.0 Å². The van der Waals surface area contributed by atoms with Gasteiger partial charge in [0.15, 0.2) is 5.78 Å². The minimum Gasteiger partial charge on any atom is -0.497 e. The van der Waals surface area contributed by atoms with Crippen molar-refractivity contribution in [3.05, 3.63) is 111 Å². The van der Waals surface area contributed by atoms with Crippen molar-refractivity contribution in [1.82, 2.24) is 0 Å². The smallest absolute Gasteiger partial charge is 0.418 e. The number of methoxy groups -OCH3 is 1. The van der Waals surface area contributed by atoms with Crippen LogP contribution in [0.3, 0.4) is 0 Å². The highest BCUT2D eigenvalue weighted by Gasteiger charge is 2.43. The molecule has 1 unspecified atom stereocenters. The molecule has 0 saturated heterocycles. The van der Waals surface area contributed by atoms with Gasteiger partial charge in [0.2, 0.25) is 0 Å². The van der Waals surface area contributed by atoms with Gasteiger partial charge in [0.1, 0.15) is 23.9 Å². The lowest BCUT2D eigenvalue weighted by Gasteiger charge is -2.40. The van der Waals surface area contributed by atoms with Crippen LogP contribution in [0.25, 0.3) is 0 Å². The van der Waals surface area contributed by atoms with E-state index in [1.807, 2.05) is 26.0 Å². The number of carbonyl (C=O) groups excluding carboxylic acids is 1. The fraction of sp³-hybridized carbons (Fsp3) is 0.273. The molecule has 216 valence electrons. The monoisotopic (exact) mass is 573 g/mol. The second kappa shape index (κ2) is 11.3. The zero-order valence-electron chi connectivity index (χ0n) is 23.5. The Hall–Kier alpha value is -4.71. The predicted octanol–water partition coefficient (Wildman–Crippen LogP) is 7.21. The standard InChI is InChI=1S/C33H30F3N3O3/c1-19-15-20(2)24(16-21(19)18-42-23-13-11-22(41-3)12-14-23)30-25(17-37)32(38)39(28-9-6-10-29(40)31(28)30)27-8-5-4-7-26(27)33(34,35)36/h4-5,7-8,11-16,30H,6,9-10,18,38H2,1-3H3. The number of nitriles is 1. The molecule has 6 nitrogen and oxygen atoms in total. The van der Waals surface area contributed by atoms with Crippen molar-refractivity contribution in [3.63, 3.8) is 0 Å². The molecule has 5 rings (SSSR count). The molecule has 0 aromatic heterocycles. The zero-order valence-corrected chi connectivity index (χ0v) is 23.5. The largest absolute Gasteiger partial charge is 0.497 e. The number of benzene rings is 3. The number of nitrogens with zero attached hydrogens (tertiary/aromatic N) is 2. The Bertz CT molecular complexity index is 1650. The lowest BCUT2D eigenvalue weighted by atomic mass is 9.74. The molecule has 2 N–H and O–H groups in total. The molecule has 3 aromatic carbocycles. The van der Waals surface area contributed by atoms with Crippen LogP contribution in [0.1, 0.15) is 53.0 Å². The third-order valence-electron chi connectivity index (χ3n) is 7.85. The second-order valence-corrected chi connectivity index (χ2v) is 10.4. The highest BCUT2D eigenvalue weighted by Crippen LogP contribution is 2.49. The van der Waals surface area contributed by atoms with E-state index in [2.05, 4.69) is 6.07 Å². The van der Waals surface area contributed by atoms with Crippen molar-refractivity contribution in [1.29, 1.82) is 5.26 Å². The van der Waals surface area contributed by atoms with Crippen LogP contribution in [0.2, 0.25) is 0 Å². The molecule has 1 heterocycles. The van der Waals surface area contributed by atoms with Crippen molar-refractivity contribution < 1.29 is 27.4 Å². The summed E-state index contributed by atoms with van der Waals surface area (Å²) in [6.07, 6.45) is -3.60. The van der Waals surface area contributed by atoms with E-state index in [1.54, 1.807) is 31.4 Å². The number of halogens is 3. The molecule has 0 spiro atoms. The summed E-state index contributed by atoms with van der Waals surface area (Å²) < 4.78 is 53.4. The van der Waals surface area contributed by atoms with Gasteiger partial charge in [-0.2, -0.15) is 18.4 Å². The number of hydrogen-bond acceptors (Lipinski definition) is 6. The summed E-state index contributed by atoms with van der Waals surface area (Å²) >= 11 is 0. The van der Waals surface area contributed by atoms with Crippen molar-refractivity contribution in [2.45, 2.75) is 51.8 Å². The van der Waals surface area contributed by atoms with E-state index in [4.69, 9.17) is 15.2 Å². The van der Waals surface area contributed by atoms with Gasteiger partial charge in [-0.25, -0.2) is 0 Å². The Kier molecular flexibility index (Phi) is 7.74. The first-order valence-electron chi connectivity index (χ1n) is 13.5. The summed E-state index contributed by atoms with van der Waals surface area (Å²) in [6.45, 7) is 4.07. The Labute approximate surface area is 242 Å². The van der Waals surface area contributed by atoms with Gasteiger partial charge in [-0.3, -0.25) is 9.69 Å². The molecule has 0 bridgehead atoms. The third kappa shape index (κ3) is 5.20. The third-order valence-corrected chi connectivity index (χ3v) is 7.85. The van der Waals surface area contributed by atoms with E-state index in [0.717, 1.165) is 22.8 Å². The summed E-state index contributed by atoms with van der Waals surface area (Å²) in [7, 11) is 1.58. The Morgan fingerprint density at radius 2 is 1.71 bits per heavy atom. The maximum absolute atomic E-state index is 14.1. The average Bonchev–Trinajstić information content (AvgIpc) is 2.96. The van der Waals surface area contributed by atoms with Crippen molar-refractivity contribution in [3.8, 4) is 17.6 Å². The first-order chi connectivity index (χ1) is 20.0. The highest BCUT2D eigenvalue weighted by atomic mass is 19.4. The number of ether oxygens (including phenoxy) is 2. The molecule has 1 atom stereocenters. The topological polar surface area (TPSA) is 88.6 Å². The first kappa shape index (κ1) is 28.8. The normalized spacial score (nSPS) is 17.2.